The summed E-state index contributed by atoms with van der Waals surface area (Å²) in [6.45, 7) is 3.36. The molecule has 0 spiro atoms. The zero-order chi connectivity index (χ0) is 10.7. The van der Waals surface area contributed by atoms with Gasteiger partial charge in [-0.05, 0) is 43.7 Å². The molecule has 3 N–H and O–H groups in total. The number of hydrogen-bond acceptors (Lipinski definition) is 2. The highest BCUT2D eigenvalue weighted by Crippen LogP contribution is 2.23. The summed E-state index contributed by atoms with van der Waals surface area (Å²) in [5, 5.41) is 1.21. The van der Waals surface area contributed by atoms with E-state index in [2.05, 4.69) is 11.1 Å². The number of aromatic nitrogens is 1. The van der Waals surface area contributed by atoms with Crippen LogP contribution in [0.1, 0.15) is 19.9 Å². The molecule has 0 amide bonds. The molecule has 0 radical (unpaired) electrons. The Labute approximate surface area is 96.6 Å². The Bertz CT molecular complexity index is 448. The Morgan fingerprint density at radius 2 is 2.19 bits per heavy atom. The molecule has 1 heterocycles. The van der Waals surface area contributed by atoms with Crippen molar-refractivity contribution in [2.75, 3.05) is 13.2 Å². The van der Waals surface area contributed by atoms with Crippen molar-refractivity contribution < 1.29 is 4.74 Å². The Balaban J connectivity index is 0.00000128. The van der Waals surface area contributed by atoms with Gasteiger partial charge in [0, 0.05) is 17.1 Å². The fourth-order valence-corrected chi connectivity index (χ4v) is 1.78. The van der Waals surface area contributed by atoms with Gasteiger partial charge in [-0.15, -0.1) is 0 Å². The first-order valence-corrected chi connectivity index (χ1v) is 5.28. The molecule has 1 aromatic heterocycles. The summed E-state index contributed by atoms with van der Waals surface area (Å²) in [6, 6.07) is 6.09. The van der Waals surface area contributed by atoms with Gasteiger partial charge in [0.15, 0.2) is 0 Å². The van der Waals surface area contributed by atoms with Crippen molar-refractivity contribution in [3.63, 3.8) is 0 Å². The van der Waals surface area contributed by atoms with Crippen LogP contribution in [0.5, 0.6) is 5.75 Å². The summed E-state index contributed by atoms with van der Waals surface area (Å²) in [7, 11) is 0. The third-order valence-corrected chi connectivity index (χ3v) is 2.46. The second kappa shape index (κ2) is 5.56. The number of benzene rings is 1. The van der Waals surface area contributed by atoms with E-state index in [1.165, 1.54) is 10.9 Å². The molecule has 2 aromatic rings. The van der Waals surface area contributed by atoms with E-state index in [4.69, 9.17) is 10.5 Å². The van der Waals surface area contributed by atoms with E-state index in [1.807, 2.05) is 25.3 Å². The number of rotatable bonds is 4. The van der Waals surface area contributed by atoms with Crippen LogP contribution in [-0.2, 0) is 6.42 Å². The lowest BCUT2D eigenvalue weighted by atomic mass is 10.1. The molecule has 2 rings (SSSR count). The van der Waals surface area contributed by atoms with Crippen molar-refractivity contribution in [2.45, 2.75) is 20.8 Å². The van der Waals surface area contributed by atoms with E-state index in [0.717, 1.165) is 17.7 Å². The van der Waals surface area contributed by atoms with Gasteiger partial charge >= 0.3 is 0 Å². The summed E-state index contributed by atoms with van der Waals surface area (Å²) in [4.78, 5) is 3.23. The fraction of sp³-hybridized carbons (Fsp3) is 0.385. The third-order valence-electron chi connectivity index (χ3n) is 2.46. The average molecular weight is 220 g/mol. The maximum Gasteiger partial charge on any atom is 0.120 e. The van der Waals surface area contributed by atoms with E-state index >= 15 is 0 Å². The minimum atomic E-state index is 0. The van der Waals surface area contributed by atoms with E-state index in [0.29, 0.717) is 13.2 Å². The Hall–Kier alpha value is -1.48. The Morgan fingerprint density at radius 3 is 2.88 bits per heavy atom. The zero-order valence-electron chi connectivity index (χ0n) is 8.92. The van der Waals surface area contributed by atoms with Gasteiger partial charge in [-0.1, -0.05) is 7.43 Å². The lowest BCUT2D eigenvalue weighted by Gasteiger charge is -2.03. The SMILES string of the molecule is C.CCOc1ccc2[nH]cc(CCN)c2c1. The molecule has 16 heavy (non-hydrogen) atoms. The molecule has 88 valence electrons. The van der Waals surface area contributed by atoms with Crippen LogP contribution in [0.4, 0.5) is 0 Å². The van der Waals surface area contributed by atoms with Crippen LogP contribution in [-0.4, -0.2) is 18.1 Å². The topological polar surface area (TPSA) is 51.0 Å². The molecule has 0 saturated carbocycles. The molecule has 0 atom stereocenters. The van der Waals surface area contributed by atoms with E-state index in [9.17, 15) is 0 Å². The molecule has 0 unspecified atom stereocenters. The first kappa shape index (κ1) is 12.6. The smallest absolute Gasteiger partial charge is 0.120 e. The van der Waals surface area contributed by atoms with Crippen LogP contribution >= 0.6 is 0 Å². The van der Waals surface area contributed by atoms with Crippen LogP contribution in [0, 0.1) is 0 Å². The van der Waals surface area contributed by atoms with Crippen LogP contribution < -0.4 is 10.5 Å². The molecule has 0 aliphatic heterocycles. The molecular formula is C13H20N2O. The van der Waals surface area contributed by atoms with Gasteiger partial charge in [0.1, 0.15) is 5.75 Å². The number of fused-ring (bicyclic) bond motifs is 1. The molecular weight excluding hydrogens is 200 g/mol. The standard InChI is InChI=1S/C12H16N2O.CH4/c1-2-15-10-3-4-12-11(7-10)9(5-6-13)8-14-12;/h3-4,7-8,14H,2,5-6,13H2,1H3;1H4. The monoisotopic (exact) mass is 220 g/mol. The van der Waals surface area contributed by atoms with Crippen molar-refractivity contribution in [1.29, 1.82) is 0 Å². The molecule has 0 saturated heterocycles. The summed E-state index contributed by atoms with van der Waals surface area (Å²) < 4.78 is 5.47. The van der Waals surface area contributed by atoms with Gasteiger partial charge in [0.05, 0.1) is 6.61 Å². The minimum absolute atomic E-state index is 0. The average Bonchev–Trinajstić information content (AvgIpc) is 2.63. The van der Waals surface area contributed by atoms with Crippen molar-refractivity contribution in [3.8, 4) is 5.75 Å². The van der Waals surface area contributed by atoms with E-state index in [-0.39, 0.29) is 7.43 Å². The number of hydrogen-bond donors (Lipinski definition) is 2. The van der Waals surface area contributed by atoms with Gasteiger partial charge in [-0.3, -0.25) is 0 Å². The first-order chi connectivity index (χ1) is 7.35. The Morgan fingerprint density at radius 1 is 1.38 bits per heavy atom. The molecule has 0 aliphatic carbocycles. The minimum Gasteiger partial charge on any atom is -0.494 e. The zero-order valence-corrected chi connectivity index (χ0v) is 8.92. The second-order valence-electron chi connectivity index (χ2n) is 3.49. The summed E-state index contributed by atoms with van der Waals surface area (Å²) in [6.07, 6.45) is 2.92. The van der Waals surface area contributed by atoms with Crippen LogP contribution in [0.3, 0.4) is 0 Å². The van der Waals surface area contributed by atoms with E-state index < -0.39 is 0 Å². The van der Waals surface area contributed by atoms with Gasteiger partial charge in [0.25, 0.3) is 0 Å². The maximum absolute atomic E-state index is 5.56. The van der Waals surface area contributed by atoms with Gasteiger partial charge in [0.2, 0.25) is 0 Å². The number of nitrogens with two attached hydrogens (primary N) is 1. The molecule has 0 bridgehead atoms. The van der Waals surface area contributed by atoms with Gasteiger partial charge in [-0.25, -0.2) is 0 Å². The lowest BCUT2D eigenvalue weighted by Crippen LogP contribution is -2.01. The predicted octanol–water partition coefficient (Wildman–Crippen LogP) is 2.70. The molecule has 3 nitrogen and oxygen atoms in total. The number of H-pyrrole nitrogens is 1. The second-order valence-corrected chi connectivity index (χ2v) is 3.49. The number of aromatic amines is 1. The maximum atomic E-state index is 5.56. The number of nitrogens with one attached hydrogen (secondary N) is 1. The number of ether oxygens (including phenoxy) is 1. The lowest BCUT2D eigenvalue weighted by molar-refractivity contribution is 0.340. The predicted molar refractivity (Wildman–Crippen MR) is 69.0 cm³/mol. The highest BCUT2D eigenvalue weighted by molar-refractivity contribution is 5.84. The molecule has 0 fully saturated rings. The van der Waals surface area contributed by atoms with Crippen molar-refractivity contribution in [1.82, 2.24) is 4.98 Å². The van der Waals surface area contributed by atoms with Crippen LogP contribution in [0.2, 0.25) is 0 Å². The highest BCUT2D eigenvalue weighted by Gasteiger charge is 2.04. The summed E-state index contributed by atoms with van der Waals surface area (Å²) in [5.74, 6) is 0.919. The largest absolute Gasteiger partial charge is 0.494 e. The van der Waals surface area contributed by atoms with E-state index in [1.54, 1.807) is 0 Å². The fourth-order valence-electron chi connectivity index (χ4n) is 1.78. The van der Waals surface area contributed by atoms with Crippen molar-refractivity contribution in [3.05, 3.63) is 30.0 Å². The Kier molecular flexibility index (Phi) is 4.38. The first-order valence-electron chi connectivity index (χ1n) is 5.28. The molecule has 3 heteroatoms. The third kappa shape index (κ3) is 2.36. The summed E-state index contributed by atoms with van der Waals surface area (Å²) >= 11 is 0. The normalized spacial score (nSPS) is 10.1. The van der Waals surface area contributed by atoms with Gasteiger partial charge in [-0.2, -0.15) is 0 Å². The highest BCUT2D eigenvalue weighted by atomic mass is 16.5. The van der Waals surface area contributed by atoms with Crippen molar-refractivity contribution >= 4 is 10.9 Å². The van der Waals surface area contributed by atoms with Crippen LogP contribution in [0.15, 0.2) is 24.4 Å². The molecule has 0 aliphatic rings. The molecule has 1 aromatic carbocycles. The van der Waals surface area contributed by atoms with Crippen molar-refractivity contribution in [2.24, 2.45) is 5.73 Å². The van der Waals surface area contributed by atoms with Crippen LogP contribution in [0.25, 0.3) is 10.9 Å². The quantitative estimate of drug-likeness (QED) is 0.832. The summed E-state index contributed by atoms with van der Waals surface area (Å²) in [5.41, 5.74) is 7.96. The van der Waals surface area contributed by atoms with Gasteiger partial charge < -0.3 is 15.5 Å².